The number of para-hydroxylation sites is 1. The second kappa shape index (κ2) is 5.94. The van der Waals surface area contributed by atoms with Gasteiger partial charge in [-0.3, -0.25) is 24.0 Å². The Bertz CT molecular complexity index is 808. The Hall–Kier alpha value is -2.12. The van der Waals surface area contributed by atoms with Gasteiger partial charge in [-0.1, -0.05) is 12.1 Å². The van der Waals surface area contributed by atoms with Crippen LogP contribution >= 0.6 is 12.4 Å². The van der Waals surface area contributed by atoms with Crippen molar-refractivity contribution in [3.8, 4) is 0 Å². The van der Waals surface area contributed by atoms with Gasteiger partial charge in [0.15, 0.2) is 0 Å². The van der Waals surface area contributed by atoms with Crippen molar-refractivity contribution in [3.05, 3.63) is 34.2 Å². The number of nitrogens with two attached hydrogens (primary N) is 1. The SMILES string of the molecule is Cl.Cn1c(=O)n(C2CCC(=O)NC2=O)c2cccc(CN)c21. The van der Waals surface area contributed by atoms with Gasteiger partial charge in [0, 0.05) is 20.0 Å². The highest BCUT2D eigenvalue weighted by atomic mass is 35.5. The van der Waals surface area contributed by atoms with Crippen LogP contribution in [0.1, 0.15) is 24.4 Å². The van der Waals surface area contributed by atoms with Gasteiger partial charge >= 0.3 is 5.69 Å². The Labute approximate surface area is 132 Å². The van der Waals surface area contributed by atoms with Crippen LogP contribution in [0.3, 0.4) is 0 Å². The summed E-state index contributed by atoms with van der Waals surface area (Å²) in [5.41, 5.74) is 7.69. The molecule has 0 saturated carbocycles. The van der Waals surface area contributed by atoms with Crippen molar-refractivity contribution in [3.63, 3.8) is 0 Å². The lowest BCUT2D eigenvalue weighted by Gasteiger charge is -2.21. The number of benzene rings is 1. The van der Waals surface area contributed by atoms with E-state index in [1.807, 2.05) is 12.1 Å². The van der Waals surface area contributed by atoms with Crippen LogP contribution in [0.5, 0.6) is 0 Å². The number of fused-ring (bicyclic) bond motifs is 1. The molecule has 0 aliphatic carbocycles. The number of hydrogen-bond donors (Lipinski definition) is 2. The molecule has 1 atom stereocenters. The number of aryl methyl sites for hydroxylation is 1. The van der Waals surface area contributed by atoms with Gasteiger partial charge in [-0.2, -0.15) is 0 Å². The molecule has 118 valence electrons. The average molecular weight is 325 g/mol. The van der Waals surface area contributed by atoms with Crippen molar-refractivity contribution in [1.29, 1.82) is 0 Å². The third-order valence-corrected chi connectivity index (χ3v) is 3.93. The van der Waals surface area contributed by atoms with Gasteiger partial charge in [0.25, 0.3) is 0 Å². The van der Waals surface area contributed by atoms with E-state index >= 15 is 0 Å². The van der Waals surface area contributed by atoms with Gasteiger partial charge in [-0.15, -0.1) is 12.4 Å². The first-order chi connectivity index (χ1) is 10.0. The minimum atomic E-state index is -0.660. The molecule has 3 rings (SSSR count). The standard InChI is InChI=1S/C14H16N4O3.ClH/c1-17-12-8(7-15)3-2-4-9(12)18(14(17)21)10-5-6-11(19)16-13(10)20;/h2-4,10H,5-7,15H2,1H3,(H,16,19,20);1H. The number of carbonyl (C=O) groups excluding carboxylic acids is 2. The normalized spacial score (nSPS) is 18.2. The first-order valence-electron chi connectivity index (χ1n) is 6.77. The van der Waals surface area contributed by atoms with Gasteiger partial charge < -0.3 is 5.73 Å². The van der Waals surface area contributed by atoms with Crippen LogP contribution in [0.25, 0.3) is 11.0 Å². The van der Waals surface area contributed by atoms with Crippen molar-refractivity contribution < 1.29 is 9.59 Å². The summed E-state index contributed by atoms with van der Waals surface area (Å²) in [7, 11) is 1.66. The van der Waals surface area contributed by atoms with E-state index in [-0.39, 0.29) is 30.4 Å². The van der Waals surface area contributed by atoms with Gasteiger partial charge in [0.05, 0.1) is 11.0 Å². The molecule has 1 aliphatic rings. The van der Waals surface area contributed by atoms with E-state index in [0.29, 0.717) is 18.5 Å². The predicted octanol–water partition coefficient (Wildman–Crippen LogP) is 0.198. The fourth-order valence-electron chi connectivity index (χ4n) is 2.91. The summed E-state index contributed by atoms with van der Waals surface area (Å²) in [4.78, 5) is 35.8. The quantitative estimate of drug-likeness (QED) is 0.771. The maximum Gasteiger partial charge on any atom is 0.329 e. The molecule has 0 bridgehead atoms. The molecule has 3 N–H and O–H groups in total. The lowest BCUT2D eigenvalue weighted by atomic mass is 10.1. The van der Waals surface area contributed by atoms with E-state index in [1.165, 1.54) is 9.13 Å². The Balaban J connectivity index is 0.00000176. The number of imide groups is 1. The molecule has 22 heavy (non-hydrogen) atoms. The maximum atomic E-state index is 12.5. The van der Waals surface area contributed by atoms with Gasteiger partial charge in [0.2, 0.25) is 11.8 Å². The Morgan fingerprint density at radius 2 is 2.05 bits per heavy atom. The topological polar surface area (TPSA) is 99.1 Å². The highest BCUT2D eigenvalue weighted by Gasteiger charge is 2.31. The lowest BCUT2D eigenvalue weighted by Crippen LogP contribution is -2.44. The lowest BCUT2D eigenvalue weighted by molar-refractivity contribution is -0.135. The van der Waals surface area contributed by atoms with Crippen LogP contribution < -0.4 is 16.7 Å². The molecule has 1 aliphatic heterocycles. The molecular formula is C14H17ClN4O3. The van der Waals surface area contributed by atoms with E-state index in [2.05, 4.69) is 5.32 Å². The van der Waals surface area contributed by atoms with Crippen LogP contribution in [0.15, 0.2) is 23.0 Å². The number of amides is 2. The minimum Gasteiger partial charge on any atom is -0.326 e. The highest BCUT2D eigenvalue weighted by molar-refractivity contribution is 6.00. The molecule has 8 heteroatoms. The number of aromatic nitrogens is 2. The van der Waals surface area contributed by atoms with Crippen LogP contribution in [0, 0.1) is 0 Å². The summed E-state index contributed by atoms with van der Waals surface area (Å²) in [5.74, 6) is -0.730. The summed E-state index contributed by atoms with van der Waals surface area (Å²) in [6.07, 6.45) is 0.562. The van der Waals surface area contributed by atoms with Crippen molar-refractivity contribution in [1.82, 2.24) is 14.5 Å². The summed E-state index contributed by atoms with van der Waals surface area (Å²) in [6, 6.07) is 4.80. The van der Waals surface area contributed by atoms with E-state index in [0.717, 1.165) is 11.1 Å². The Kier molecular flexibility index (Phi) is 4.39. The van der Waals surface area contributed by atoms with E-state index in [1.54, 1.807) is 13.1 Å². The van der Waals surface area contributed by atoms with E-state index in [9.17, 15) is 14.4 Å². The van der Waals surface area contributed by atoms with Gasteiger partial charge in [-0.25, -0.2) is 4.79 Å². The van der Waals surface area contributed by atoms with Crippen LogP contribution in [-0.2, 0) is 23.2 Å². The first-order valence-corrected chi connectivity index (χ1v) is 6.77. The number of halogens is 1. The predicted molar refractivity (Wildman–Crippen MR) is 83.7 cm³/mol. The number of hydrogen-bond acceptors (Lipinski definition) is 4. The molecule has 1 aromatic carbocycles. The van der Waals surface area contributed by atoms with Crippen LogP contribution in [-0.4, -0.2) is 20.9 Å². The molecule has 0 radical (unpaired) electrons. The molecule has 1 saturated heterocycles. The number of carbonyl (C=O) groups is 2. The van der Waals surface area contributed by atoms with Gasteiger partial charge in [0.1, 0.15) is 6.04 Å². The van der Waals surface area contributed by atoms with Crippen molar-refractivity contribution >= 4 is 35.3 Å². The number of nitrogens with one attached hydrogen (secondary N) is 1. The third-order valence-electron chi connectivity index (χ3n) is 3.93. The van der Waals surface area contributed by atoms with Crippen molar-refractivity contribution in [2.75, 3.05) is 0 Å². The molecule has 2 heterocycles. The van der Waals surface area contributed by atoms with E-state index < -0.39 is 11.9 Å². The Morgan fingerprint density at radius 3 is 2.68 bits per heavy atom. The number of rotatable bonds is 2. The fraction of sp³-hybridized carbons (Fsp3) is 0.357. The largest absolute Gasteiger partial charge is 0.329 e. The number of piperidine rings is 1. The summed E-state index contributed by atoms with van der Waals surface area (Å²) in [6.45, 7) is 0.310. The molecule has 2 amide bonds. The van der Waals surface area contributed by atoms with E-state index in [4.69, 9.17) is 5.73 Å². The second-order valence-corrected chi connectivity index (χ2v) is 5.17. The minimum absolute atomic E-state index is 0. The summed E-state index contributed by atoms with van der Waals surface area (Å²) >= 11 is 0. The first kappa shape index (κ1) is 16.3. The van der Waals surface area contributed by atoms with Crippen molar-refractivity contribution in [2.24, 2.45) is 12.8 Å². The zero-order valence-corrected chi connectivity index (χ0v) is 12.9. The molecule has 1 fully saturated rings. The highest BCUT2D eigenvalue weighted by Crippen LogP contribution is 2.24. The molecular weight excluding hydrogens is 308 g/mol. The molecule has 0 spiro atoms. The smallest absolute Gasteiger partial charge is 0.326 e. The molecule has 1 unspecified atom stereocenters. The zero-order valence-electron chi connectivity index (χ0n) is 12.0. The molecule has 2 aromatic rings. The van der Waals surface area contributed by atoms with Crippen molar-refractivity contribution in [2.45, 2.75) is 25.4 Å². The summed E-state index contributed by atoms with van der Waals surface area (Å²) in [5, 5.41) is 2.29. The summed E-state index contributed by atoms with van der Waals surface area (Å²) < 4.78 is 2.96. The Morgan fingerprint density at radius 1 is 1.32 bits per heavy atom. The molecule has 1 aromatic heterocycles. The third kappa shape index (κ3) is 2.32. The fourth-order valence-corrected chi connectivity index (χ4v) is 2.91. The van der Waals surface area contributed by atoms with Crippen LogP contribution in [0.2, 0.25) is 0 Å². The maximum absolute atomic E-state index is 12.5. The van der Waals surface area contributed by atoms with Crippen LogP contribution in [0.4, 0.5) is 0 Å². The molecule has 7 nitrogen and oxygen atoms in total. The zero-order chi connectivity index (χ0) is 15.1. The average Bonchev–Trinajstić information content (AvgIpc) is 2.72. The second-order valence-electron chi connectivity index (χ2n) is 5.17. The monoisotopic (exact) mass is 324 g/mol. The number of imidazole rings is 1. The number of nitrogens with zero attached hydrogens (tertiary/aromatic N) is 2. The van der Waals surface area contributed by atoms with Gasteiger partial charge in [-0.05, 0) is 18.1 Å².